The first-order chi connectivity index (χ1) is 32.3. The Morgan fingerprint density at radius 1 is 1.03 bits per heavy atom. The quantitative estimate of drug-likeness (QED) is 0.127. The molecule has 1 aliphatic carbocycles. The van der Waals surface area contributed by atoms with E-state index in [-0.39, 0.29) is 66.2 Å². The summed E-state index contributed by atoms with van der Waals surface area (Å²) in [5, 5.41) is 32.1. The number of aromatic nitrogens is 4. The molecular formula is C50H57FN10O6S. The molecule has 5 aromatic rings. The van der Waals surface area contributed by atoms with Gasteiger partial charge in [0.15, 0.2) is 17.3 Å². The number of rotatable bonds is 8. The van der Waals surface area contributed by atoms with Crippen molar-refractivity contribution in [3.63, 3.8) is 0 Å². The van der Waals surface area contributed by atoms with Gasteiger partial charge in [0, 0.05) is 54.4 Å². The predicted octanol–water partition coefficient (Wildman–Crippen LogP) is 6.80. The molecular weight excluding hydrogens is 888 g/mol. The van der Waals surface area contributed by atoms with Crippen molar-refractivity contribution in [1.29, 1.82) is 5.26 Å². The van der Waals surface area contributed by atoms with E-state index in [1.807, 2.05) is 64.4 Å². The minimum atomic E-state index is -1.00. The Morgan fingerprint density at radius 3 is 2.41 bits per heavy atom. The largest absolute Gasteiger partial charge is 0.482 e. The summed E-state index contributed by atoms with van der Waals surface area (Å²) in [6.45, 7) is 11.1. The molecule has 3 aromatic heterocycles. The SMILES string of the molecule is Cc1ncsc1-c1ccc([C@H](C)NC(=O)[C@@H]2C[C@@H](O)CN2C(=O)[C@@H](NC(=O)C2CCC(n3nc(C#N)c4c3CN(C)C(=O)c3ccc(F)cc3[C@@H](C)Oc3cc-4cnc3N)CC2)C(C)(C)C)cc1. The number of aliphatic hydroxyl groups is 1. The molecule has 2 aromatic carbocycles. The maximum absolute atomic E-state index is 14.6. The van der Waals surface area contributed by atoms with Gasteiger partial charge < -0.3 is 36.0 Å². The van der Waals surface area contributed by atoms with E-state index in [1.54, 1.807) is 36.1 Å². The number of anilines is 1. The fraction of sp³-hybridized carbons (Fsp3) is 0.440. The first kappa shape index (κ1) is 47.8. The number of nitrogens with one attached hydrogen (secondary N) is 2. The van der Waals surface area contributed by atoms with Crippen molar-refractivity contribution in [3.05, 3.63) is 99.8 Å². The lowest BCUT2D eigenvalue weighted by Gasteiger charge is -2.37. The van der Waals surface area contributed by atoms with Gasteiger partial charge in [-0.2, -0.15) is 10.4 Å². The molecule has 5 N–H and O–H groups in total. The number of benzene rings is 2. The number of thiazole rings is 1. The molecule has 2 bridgehead atoms. The van der Waals surface area contributed by atoms with Crippen LogP contribution in [0, 0.1) is 35.4 Å². The van der Waals surface area contributed by atoms with Crippen LogP contribution in [0.1, 0.15) is 123 Å². The number of pyridine rings is 1. The second kappa shape index (κ2) is 19.1. The number of nitriles is 1. The van der Waals surface area contributed by atoms with Crippen LogP contribution in [0.3, 0.4) is 0 Å². The number of halogens is 1. The standard InChI is InChI=1S/C50H57FN10O6S/c1-26(29-8-10-30(11-9-29)43-27(2)55-25-68-43)56-47(64)39-20-35(62)23-60(39)49(66)44(50(4,5)6)57-46(63)31-12-15-34(16-13-31)61-40-24-59(7)48(65)36-17-14-33(51)19-37(36)28(3)67-41-18-32(22-54-45(41)53)42(40)38(21-52)58-61/h8-11,14,17-19,22,25-26,28,31,34-35,39,44,62H,12-13,15-16,20,23-24H2,1-7H3,(H2,53,54)(H,56,64)(H,57,63)/t26-,28+,31?,34?,35+,39-,44+/m0/s1. The van der Waals surface area contributed by atoms with Gasteiger partial charge in [-0.25, -0.2) is 14.4 Å². The first-order valence-electron chi connectivity index (χ1n) is 22.9. The average Bonchev–Trinajstić information content (AvgIpc) is 4.03. The smallest absolute Gasteiger partial charge is 0.254 e. The molecule has 68 heavy (non-hydrogen) atoms. The van der Waals surface area contributed by atoms with E-state index >= 15 is 0 Å². The zero-order valence-corrected chi connectivity index (χ0v) is 40.1. The van der Waals surface area contributed by atoms with Crippen LogP contribution in [-0.4, -0.2) is 90.1 Å². The summed E-state index contributed by atoms with van der Waals surface area (Å²) in [6, 6.07) is 13.1. The summed E-state index contributed by atoms with van der Waals surface area (Å²) in [4.78, 5) is 69.3. The Kier molecular flexibility index (Phi) is 13.4. The van der Waals surface area contributed by atoms with Crippen LogP contribution in [0.5, 0.6) is 5.75 Å². The number of hydrogen-bond acceptors (Lipinski definition) is 12. The van der Waals surface area contributed by atoms with Crippen LogP contribution in [0.4, 0.5) is 10.2 Å². The topological polar surface area (TPSA) is 222 Å². The maximum Gasteiger partial charge on any atom is 0.254 e. The summed E-state index contributed by atoms with van der Waals surface area (Å²) < 4.78 is 22.6. The molecule has 1 saturated carbocycles. The van der Waals surface area contributed by atoms with E-state index < -0.39 is 53.3 Å². The van der Waals surface area contributed by atoms with E-state index in [1.165, 1.54) is 34.2 Å². The van der Waals surface area contributed by atoms with E-state index in [0.717, 1.165) is 21.7 Å². The molecule has 18 heteroatoms. The average molecular weight is 945 g/mol. The number of aliphatic hydroxyl groups excluding tert-OH is 1. The molecule has 5 atom stereocenters. The molecule has 8 rings (SSSR count). The first-order valence-corrected chi connectivity index (χ1v) is 23.8. The lowest BCUT2D eigenvalue weighted by atomic mass is 9.82. The fourth-order valence-corrected chi connectivity index (χ4v) is 10.5. The number of β-amino-alcohol motifs (C(OH)–C–C–N with tert-alkyl or cyclic N) is 1. The summed E-state index contributed by atoms with van der Waals surface area (Å²) in [5.74, 6) is -2.25. The molecule has 0 radical (unpaired) electrons. The number of nitrogens with zero attached hydrogens (tertiary/aromatic N) is 7. The van der Waals surface area contributed by atoms with Gasteiger partial charge in [0.1, 0.15) is 30.1 Å². The van der Waals surface area contributed by atoms with Crippen LogP contribution >= 0.6 is 11.3 Å². The Bertz CT molecular complexity index is 2790. The van der Waals surface area contributed by atoms with E-state index in [9.17, 15) is 33.9 Å². The van der Waals surface area contributed by atoms with Crippen LogP contribution in [0.15, 0.2) is 60.2 Å². The van der Waals surface area contributed by atoms with E-state index in [4.69, 9.17) is 15.6 Å². The van der Waals surface area contributed by atoms with Crippen molar-refractivity contribution in [1.82, 2.24) is 40.2 Å². The summed E-state index contributed by atoms with van der Waals surface area (Å²) in [6.07, 6.45) is 1.73. The Balaban J connectivity index is 0.976. The summed E-state index contributed by atoms with van der Waals surface area (Å²) >= 11 is 1.56. The Morgan fingerprint density at radius 2 is 1.75 bits per heavy atom. The molecule has 3 aliphatic rings. The lowest BCUT2D eigenvalue weighted by molar-refractivity contribution is -0.144. The molecule has 2 fully saturated rings. The molecule has 16 nitrogen and oxygen atoms in total. The highest BCUT2D eigenvalue weighted by molar-refractivity contribution is 7.13. The zero-order valence-electron chi connectivity index (χ0n) is 39.2. The molecule has 5 heterocycles. The number of carbonyl (C=O) groups is 4. The molecule has 356 valence electrons. The number of amides is 4. The van der Waals surface area contributed by atoms with Gasteiger partial charge in [-0.1, -0.05) is 45.0 Å². The van der Waals surface area contributed by atoms with Crippen LogP contribution in [0.25, 0.3) is 21.6 Å². The van der Waals surface area contributed by atoms with Crippen molar-refractivity contribution in [2.75, 3.05) is 19.3 Å². The summed E-state index contributed by atoms with van der Waals surface area (Å²) in [5.41, 5.74) is 12.4. The Labute approximate surface area is 398 Å². The van der Waals surface area contributed by atoms with Gasteiger partial charge in [-0.15, -0.1) is 11.3 Å². The van der Waals surface area contributed by atoms with E-state index in [2.05, 4.69) is 26.7 Å². The number of carbonyl (C=O) groups excluding carboxylic acids is 4. The molecule has 0 spiro atoms. The maximum atomic E-state index is 14.6. The van der Waals surface area contributed by atoms with E-state index in [0.29, 0.717) is 48.1 Å². The number of likely N-dealkylation sites (tertiary alicyclic amines) is 1. The number of nitrogens with two attached hydrogens (primary N) is 1. The third-order valence-electron chi connectivity index (χ3n) is 13.5. The van der Waals surface area contributed by atoms with Crippen LogP contribution < -0.4 is 21.1 Å². The lowest BCUT2D eigenvalue weighted by Crippen LogP contribution is -2.58. The van der Waals surface area contributed by atoms with Gasteiger partial charge in [0.05, 0.1) is 46.5 Å². The second-order valence-corrected chi connectivity index (χ2v) is 20.2. The minimum Gasteiger partial charge on any atom is -0.482 e. The third-order valence-corrected chi connectivity index (χ3v) is 14.4. The zero-order chi connectivity index (χ0) is 48.8. The van der Waals surface area contributed by atoms with Gasteiger partial charge >= 0.3 is 0 Å². The van der Waals surface area contributed by atoms with Gasteiger partial charge in [-0.05, 0) is 87.3 Å². The fourth-order valence-electron chi connectivity index (χ4n) is 9.67. The molecule has 1 saturated heterocycles. The number of ether oxygens (including phenoxy) is 1. The number of fused-ring (bicyclic) bond motifs is 5. The number of nitrogen functional groups attached to an aromatic ring is 1. The van der Waals surface area contributed by atoms with Gasteiger partial charge in [0.2, 0.25) is 17.7 Å². The second-order valence-electron chi connectivity index (χ2n) is 19.3. The molecule has 2 aliphatic heterocycles. The highest BCUT2D eigenvalue weighted by Gasteiger charge is 2.45. The van der Waals surface area contributed by atoms with Gasteiger partial charge in [-0.3, -0.25) is 23.9 Å². The normalized spacial score (nSPS) is 21.5. The van der Waals surface area contributed by atoms with Crippen molar-refractivity contribution >= 4 is 40.8 Å². The summed E-state index contributed by atoms with van der Waals surface area (Å²) in [7, 11) is 1.63. The van der Waals surface area contributed by atoms with Crippen molar-refractivity contribution in [3.8, 4) is 33.4 Å². The predicted molar refractivity (Wildman–Crippen MR) is 253 cm³/mol. The monoisotopic (exact) mass is 944 g/mol. The van der Waals surface area contributed by atoms with Crippen molar-refractivity contribution < 1.29 is 33.4 Å². The van der Waals surface area contributed by atoms with Crippen molar-refractivity contribution in [2.24, 2.45) is 11.3 Å². The number of hydrogen-bond donors (Lipinski definition) is 4. The van der Waals surface area contributed by atoms with Gasteiger partial charge in [0.25, 0.3) is 5.91 Å². The van der Waals surface area contributed by atoms with Crippen molar-refractivity contribution in [2.45, 2.75) is 117 Å². The Hall–Kier alpha value is -6.71. The molecule has 0 unspecified atom stereocenters. The third kappa shape index (κ3) is 9.54. The highest BCUT2D eigenvalue weighted by atomic mass is 32.1. The minimum absolute atomic E-state index is 0.0361. The van der Waals surface area contributed by atoms with Crippen LogP contribution in [0.2, 0.25) is 0 Å². The molecule has 4 amide bonds. The number of aryl methyl sites for hydroxylation is 1. The highest BCUT2D eigenvalue weighted by Crippen LogP contribution is 2.40. The van der Waals surface area contributed by atoms with Crippen LogP contribution in [-0.2, 0) is 20.9 Å².